The van der Waals surface area contributed by atoms with Gasteiger partial charge in [0.25, 0.3) is 0 Å². The van der Waals surface area contributed by atoms with Gasteiger partial charge in [-0.1, -0.05) is 30.3 Å². The molecule has 0 amide bonds. The maximum absolute atomic E-state index is 13.9. The van der Waals surface area contributed by atoms with Gasteiger partial charge in [0.2, 0.25) is 0 Å². The fourth-order valence-electron chi connectivity index (χ4n) is 3.18. The van der Waals surface area contributed by atoms with Crippen molar-refractivity contribution in [3.63, 3.8) is 0 Å². The molecule has 0 bridgehead atoms. The van der Waals surface area contributed by atoms with Gasteiger partial charge in [0.1, 0.15) is 12.4 Å². The molecular formula is C22H31Cl2FN2O3. The number of rotatable bonds is 10. The second-order valence-electron chi connectivity index (χ2n) is 6.69. The van der Waals surface area contributed by atoms with Gasteiger partial charge in [0.05, 0.1) is 19.8 Å². The van der Waals surface area contributed by atoms with Crippen LogP contribution in [0.2, 0.25) is 0 Å². The molecule has 3 rings (SSSR count). The third kappa shape index (κ3) is 7.93. The molecule has 0 aromatic heterocycles. The molecular weight excluding hydrogens is 430 g/mol. The van der Waals surface area contributed by atoms with Gasteiger partial charge >= 0.3 is 0 Å². The van der Waals surface area contributed by atoms with Crippen LogP contribution in [0, 0.1) is 5.82 Å². The van der Waals surface area contributed by atoms with Crippen molar-refractivity contribution in [1.82, 2.24) is 10.2 Å². The molecule has 2 aromatic rings. The predicted octanol–water partition coefficient (Wildman–Crippen LogP) is 4.07. The Balaban J connectivity index is 0.00000225. The number of para-hydroxylation sites is 1. The summed E-state index contributed by atoms with van der Waals surface area (Å²) in [7, 11) is 0. The fraction of sp³-hybridized carbons (Fsp3) is 0.455. The molecule has 0 atom stereocenters. The Morgan fingerprint density at radius 2 is 1.73 bits per heavy atom. The molecule has 0 spiro atoms. The summed E-state index contributed by atoms with van der Waals surface area (Å²) >= 11 is 0. The highest BCUT2D eigenvalue weighted by Gasteiger charge is 2.13. The van der Waals surface area contributed by atoms with E-state index >= 15 is 0 Å². The fourth-order valence-corrected chi connectivity index (χ4v) is 3.18. The number of benzene rings is 2. The van der Waals surface area contributed by atoms with Crippen LogP contribution in [0.1, 0.15) is 18.1 Å². The van der Waals surface area contributed by atoms with Gasteiger partial charge in [-0.25, -0.2) is 4.39 Å². The Kier molecular flexibility index (Phi) is 12.7. The van der Waals surface area contributed by atoms with Crippen molar-refractivity contribution in [1.29, 1.82) is 0 Å². The maximum Gasteiger partial charge on any atom is 0.166 e. The molecule has 1 aliphatic heterocycles. The van der Waals surface area contributed by atoms with Gasteiger partial charge in [-0.2, -0.15) is 0 Å². The number of ether oxygens (including phenoxy) is 3. The van der Waals surface area contributed by atoms with Crippen LogP contribution in [0.4, 0.5) is 4.39 Å². The molecule has 0 unspecified atom stereocenters. The van der Waals surface area contributed by atoms with E-state index in [9.17, 15) is 4.39 Å². The average Bonchev–Trinajstić information content (AvgIpc) is 2.73. The minimum Gasteiger partial charge on any atom is -0.490 e. The SMILES string of the molecule is CCOc1cccc(CNCCN2CCOCC2)c1OCc1ccccc1F.Cl.Cl. The molecule has 1 aliphatic rings. The summed E-state index contributed by atoms with van der Waals surface area (Å²) in [5, 5.41) is 3.48. The van der Waals surface area contributed by atoms with E-state index in [4.69, 9.17) is 14.2 Å². The van der Waals surface area contributed by atoms with Gasteiger partial charge in [0, 0.05) is 43.9 Å². The Hall–Kier alpha value is -1.57. The largest absolute Gasteiger partial charge is 0.490 e. The summed E-state index contributed by atoms with van der Waals surface area (Å²) in [4.78, 5) is 2.39. The highest BCUT2D eigenvalue weighted by Crippen LogP contribution is 2.32. The number of hydrogen-bond acceptors (Lipinski definition) is 5. The van der Waals surface area contributed by atoms with Crippen molar-refractivity contribution in [2.45, 2.75) is 20.1 Å². The Bertz CT molecular complexity index is 746. The molecule has 8 heteroatoms. The molecule has 1 N–H and O–H groups in total. The molecule has 0 radical (unpaired) electrons. The lowest BCUT2D eigenvalue weighted by molar-refractivity contribution is 0.0384. The quantitative estimate of drug-likeness (QED) is 0.541. The van der Waals surface area contributed by atoms with Gasteiger partial charge in [0.15, 0.2) is 11.5 Å². The van der Waals surface area contributed by atoms with Gasteiger partial charge in [-0.05, 0) is 19.1 Å². The van der Waals surface area contributed by atoms with E-state index in [1.165, 1.54) is 6.07 Å². The molecule has 1 fully saturated rings. The highest BCUT2D eigenvalue weighted by molar-refractivity contribution is 5.85. The first-order chi connectivity index (χ1) is 13.8. The molecule has 168 valence electrons. The molecule has 2 aromatic carbocycles. The number of nitrogens with zero attached hydrogens (tertiary/aromatic N) is 1. The monoisotopic (exact) mass is 460 g/mol. The van der Waals surface area contributed by atoms with Crippen LogP contribution in [0.5, 0.6) is 11.5 Å². The van der Waals surface area contributed by atoms with Gasteiger partial charge in [-0.3, -0.25) is 4.90 Å². The number of morpholine rings is 1. The van der Waals surface area contributed by atoms with Crippen molar-refractivity contribution >= 4 is 24.8 Å². The van der Waals surface area contributed by atoms with E-state index in [2.05, 4.69) is 10.2 Å². The lowest BCUT2D eigenvalue weighted by Gasteiger charge is -2.26. The summed E-state index contributed by atoms with van der Waals surface area (Å²) in [6.07, 6.45) is 0. The molecule has 5 nitrogen and oxygen atoms in total. The van der Waals surface area contributed by atoms with Gasteiger partial charge < -0.3 is 19.5 Å². The summed E-state index contributed by atoms with van der Waals surface area (Å²) < 4.78 is 31.0. The van der Waals surface area contributed by atoms with Crippen molar-refractivity contribution < 1.29 is 18.6 Å². The summed E-state index contributed by atoms with van der Waals surface area (Å²) in [6.45, 7) is 8.77. The Morgan fingerprint density at radius 1 is 1.00 bits per heavy atom. The third-order valence-electron chi connectivity index (χ3n) is 4.71. The van der Waals surface area contributed by atoms with E-state index in [0.717, 1.165) is 45.0 Å². The molecule has 30 heavy (non-hydrogen) atoms. The summed E-state index contributed by atoms with van der Waals surface area (Å²) in [5.41, 5.74) is 1.53. The van der Waals surface area contributed by atoms with E-state index in [1.54, 1.807) is 12.1 Å². The second kappa shape index (κ2) is 14.4. The van der Waals surface area contributed by atoms with Crippen LogP contribution in [0.3, 0.4) is 0 Å². The molecule has 0 saturated carbocycles. The van der Waals surface area contributed by atoms with Crippen LogP contribution in [-0.4, -0.2) is 50.9 Å². The van der Waals surface area contributed by atoms with E-state index in [0.29, 0.717) is 30.2 Å². The van der Waals surface area contributed by atoms with Crippen LogP contribution in [0.15, 0.2) is 42.5 Å². The van der Waals surface area contributed by atoms with Crippen molar-refractivity contribution in [3.05, 3.63) is 59.4 Å². The third-order valence-corrected chi connectivity index (χ3v) is 4.71. The lowest BCUT2D eigenvalue weighted by Crippen LogP contribution is -2.40. The maximum atomic E-state index is 13.9. The van der Waals surface area contributed by atoms with Crippen LogP contribution in [0.25, 0.3) is 0 Å². The number of hydrogen-bond donors (Lipinski definition) is 1. The van der Waals surface area contributed by atoms with Crippen molar-refractivity contribution in [3.8, 4) is 11.5 Å². The summed E-state index contributed by atoms with van der Waals surface area (Å²) in [5.74, 6) is 1.10. The lowest BCUT2D eigenvalue weighted by atomic mass is 10.1. The standard InChI is InChI=1S/C22H29FN2O3.2ClH/c1-2-27-21-9-5-7-18(16-24-10-11-25-12-14-26-15-13-25)22(21)28-17-19-6-3-4-8-20(19)23;;/h3-9,24H,2,10-17H2,1H3;2*1H. The predicted molar refractivity (Wildman–Crippen MR) is 122 cm³/mol. The zero-order valence-corrected chi connectivity index (χ0v) is 18.9. The summed E-state index contributed by atoms with van der Waals surface area (Å²) in [6, 6.07) is 12.5. The first kappa shape index (κ1) is 26.5. The van der Waals surface area contributed by atoms with E-state index in [-0.39, 0.29) is 37.2 Å². The Labute approximate surface area is 190 Å². The Morgan fingerprint density at radius 3 is 2.47 bits per heavy atom. The minimum absolute atomic E-state index is 0. The van der Waals surface area contributed by atoms with E-state index < -0.39 is 0 Å². The molecule has 1 heterocycles. The van der Waals surface area contributed by atoms with Crippen molar-refractivity contribution in [2.75, 3.05) is 46.0 Å². The highest BCUT2D eigenvalue weighted by atomic mass is 35.5. The van der Waals surface area contributed by atoms with Gasteiger partial charge in [-0.15, -0.1) is 24.8 Å². The second-order valence-corrected chi connectivity index (χ2v) is 6.69. The van der Waals surface area contributed by atoms with Crippen LogP contribution < -0.4 is 14.8 Å². The van der Waals surface area contributed by atoms with E-state index in [1.807, 2.05) is 31.2 Å². The first-order valence-corrected chi connectivity index (χ1v) is 9.89. The zero-order valence-electron chi connectivity index (χ0n) is 17.3. The van der Waals surface area contributed by atoms with Crippen LogP contribution >= 0.6 is 24.8 Å². The molecule has 0 aliphatic carbocycles. The van der Waals surface area contributed by atoms with Crippen molar-refractivity contribution in [2.24, 2.45) is 0 Å². The normalized spacial score (nSPS) is 13.8. The first-order valence-electron chi connectivity index (χ1n) is 9.89. The average molecular weight is 461 g/mol. The minimum atomic E-state index is -0.262. The zero-order chi connectivity index (χ0) is 19.6. The smallest absolute Gasteiger partial charge is 0.166 e. The number of halogens is 3. The number of nitrogens with one attached hydrogen (secondary N) is 1. The molecule has 1 saturated heterocycles. The topological polar surface area (TPSA) is 43.0 Å². The van der Waals surface area contributed by atoms with Crippen LogP contribution in [-0.2, 0) is 17.9 Å².